The maximum absolute atomic E-state index is 10.1. The van der Waals surface area contributed by atoms with Crippen molar-refractivity contribution in [3.8, 4) is 5.75 Å². The van der Waals surface area contributed by atoms with Gasteiger partial charge in [0, 0.05) is 23.1 Å². The van der Waals surface area contributed by atoms with E-state index in [2.05, 4.69) is 21.2 Å². The van der Waals surface area contributed by atoms with Gasteiger partial charge in [-0.15, -0.1) is 0 Å². The van der Waals surface area contributed by atoms with Crippen molar-refractivity contribution in [1.29, 1.82) is 0 Å². The normalized spacial score (nSPS) is 14.9. The maximum atomic E-state index is 10.1. The molecule has 0 spiro atoms. The molecule has 3 N–H and O–H groups in total. The van der Waals surface area contributed by atoms with Crippen LogP contribution in [-0.2, 0) is 6.54 Å². The zero-order valence-electron chi connectivity index (χ0n) is 10.5. The molecule has 0 saturated carbocycles. The van der Waals surface area contributed by atoms with Crippen molar-refractivity contribution in [3.05, 3.63) is 28.2 Å². The summed E-state index contributed by atoms with van der Waals surface area (Å²) in [7, 11) is 0. The average molecular weight is 302 g/mol. The third-order valence-corrected chi connectivity index (χ3v) is 3.58. The molecular formula is C13H20BrNO2. The lowest BCUT2D eigenvalue weighted by atomic mass is 9.92. The molecule has 3 nitrogen and oxygen atoms in total. The molecular weight excluding hydrogens is 282 g/mol. The highest BCUT2D eigenvalue weighted by Crippen LogP contribution is 2.22. The summed E-state index contributed by atoms with van der Waals surface area (Å²) in [6.45, 7) is 6.81. The summed E-state index contributed by atoms with van der Waals surface area (Å²) in [6.07, 6.45) is 0. The molecule has 96 valence electrons. The van der Waals surface area contributed by atoms with Crippen molar-refractivity contribution in [2.24, 2.45) is 5.92 Å². The Morgan fingerprint density at radius 2 is 2.06 bits per heavy atom. The Morgan fingerprint density at radius 1 is 1.41 bits per heavy atom. The lowest BCUT2D eigenvalue weighted by molar-refractivity contribution is 0.0139. The molecule has 0 radical (unpaired) electrons. The molecule has 0 saturated heterocycles. The van der Waals surface area contributed by atoms with Crippen LogP contribution in [0.2, 0.25) is 0 Å². The Labute approximate surface area is 111 Å². The Morgan fingerprint density at radius 3 is 2.65 bits per heavy atom. The molecule has 1 aromatic rings. The quantitative estimate of drug-likeness (QED) is 0.784. The molecule has 0 fully saturated rings. The molecule has 0 aromatic heterocycles. The van der Waals surface area contributed by atoms with Crippen LogP contribution in [0.5, 0.6) is 5.75 Å². The van der Waals surface area contributed by atoms with Gasteiger partial charge >= 0.3 is 0 Å². The first-order valence-corrected chi connectivity index (χ1v) is 6.52. The SMILES string of the molecule is CC(C)C(C)(O)CNCc1cc(Br)ccc1O. The van der Waals surface area contributed by atoms with Crippen LogP contribution < -0.4 is 5.32 Å². The number of aromatic hydroxyl groups is 1. The van der Waals surface area contributed by atoms with E-state index in [0.29, 0.717) is 13.1 Å². The second-order valence-corrected chi connectivity index (χ2v) is 5.80. The van der Waals surface area contributed by atoms with E-state index in [-0.39, 0.29) is 11.7 Å². The lowest BCUT2D eigenvalue weighted by Gasteiger charge is -2.28. The van der Waals surface area contributed by atoms with Crippen LogP contribution in [0.4, 0.5) is 0 Å². The minimum Gasteiger partial charge on any atom is -0.508 e. The van der Waals surface area contributed by atoms with E-state index in [1.54, 1.807) is 12.1 Å². The summed E-state index contributed by atoms with van der Waals surface area (Å²) in [4.78, 5) is 0. The fraction of sp³-hybridized carbons (Fsp3) is 0.538. The van der Waals surface area contributed by atoms with E-state index < -0.39 is 5.60 Å². The first kappa shape index (κ1) is 14.5. The van der Waals surface area contributed by atoms with Gasteiger partial charge in [-0.05, 0) is 31.0 Å². The van der Waals surface area contributed by atoms with Gasteiger partial charge in [-0.1, -0.05) is 29.8 Å². The summed E-state index contributed by atoms with van der Waals surface area (Å²) >= 11 is 3.36. The zero-order chi connectivity index (χ0) is 13.1. The zero-order valence-corrected chi connectivity index (χ0v) is 12.1. The number of nitrogens with one attached hydrogen (secondary N) is 1. The van der Waals surface area contributed by atoms with Crippen molar-refractivity contribution >= 4 is 15.9 Å². The first-order chi connectivity index (χ1) is 7.83. The Balaban J connectivity index is 2.54. The van der Waals surface area contributed by atoms with Crippen LogP contribution in [-0.4, -0.2) is 22.4 Å². The Bertz CT molecular complexity index is 378. The molecule has 0 heterocycles. The lowest BCUT2D eigenvalue weighted by Crippen LogP contribution is -2.41. The van der Waals surface area contributed by atoms with Gasteiger partial charge in [-0.3, -0.25) is 0 Å². The smallest absolute Gasteiger partial charge is 0.120 e. The molecule has 1 atom stereocenters. The van der Waals surface area contributed by atoms with E-state index in [1.807, 2.05) is 26.8 Å². The summed E-state index contributed by atoms with van der Waals surface area (Å²) < 4.78 is 0.933. The summed E-state index contributed by atoms with van der Waals surface area (Å²) in [5, 5.41) is 22.9. The van der Waals surface area contributed by atoms with Crippen LogP contribution in [0.1, 0.15) is 26.3 Å². The molecule has 0 aliphatic carbocycles. The van der Waals surface area contributed by atoms with E-state index in [0.717, 1.165) is 10.0 Å². The summed E-state index contributed by atoms with van der Waals surface area (Å²) in [6, 6.07) is 5.32. The van der Waals surface area contributed by atoms with Crippen LogP contribution in [0.25, 0.3) is 0 Å². The van der Waals surface area contributed by atoms with Crippen molar-refractivity contribution in [2.45, 2.75) is 32.9 Å². The van der Waals surface area contributed by atoms with Gasteiger partial charge in [-0.2, -0.15) is 0 Å². The molecule has 17 heavy (non-hydrogen) atoms. The van der Waals surface area contributed by atoms with Crippen LogP contribution in [0, 0.1) is 5.92 Å². The Kier molecular flexibility index (Phi) is 4.98. The molecule has 0 aliphatic rings. The number of phenolic OH excluding ortho intramolecular Hbond substituents is 1. The van der Waals surface area contributed by atoms with Gasteiger partial charge in [0.05, 0.1) is 5.60 Å². The number of phenols is 1. The Hall–Kier alpha value is -0.580. The summed E-state index contributed by atoms with van der Waals surface area (Å²) in [5.74, 6) is 0.455. The number of halogens is 1. The van der Waals surface area contributed by atoms with Crippen molar-refractivity contribution < 1.29 is 10.2 Å². The van der Waals surface area contributed by atoms with Crippen LogP contribution in [0.15, 0.2) is 22.7 Å². The molecule has 0 bridgehead atoms. The van der Waals surface area contributed by atoms with Gasteiger partial charge in [-0.25, -0.2) is 0 Å². The first-order valence-electron chi connectivity index (χ1n) is 5.73. The number of hydrogen-bond acceptors (Lipinski definition) is 3. The number of aliphatic hydroxyl groups is 1. The predicted molar refractivity (Wildman–Crippen MR) is 73.0 cm³/mol. The van der Waals surface area contributed by atoms with Gasteiger partial charge < -0.3 is 15.5 Å². The highest BCUT2D eigenvalue weighted by Gasteiger charge is 2.24. The van der Waals surface area contributed by atoms with E-state index in [1.165, 1.54) is 0 Å². The number of hydrogen-bond donors (Lipinski definition) is 3. The predicted octanol–water partition coefficient (Wildman–Crippen LogP) is 2.65. The van der Waals surface area contributed by atoms with Crippen molar-refractivity contribution in [2.75, 3.05) is 6.54 Å². The van der Waals surface area contributed by atoms with E-state index >= 15 is 0 Å². The highest BCUT2D eigenvalue weighted by molar-refractivity contribution is 9.10. The van der Waals surface area contributed by atoms with Crippen molar-refractivity contribution in [1.82, 2.24) is 5.32 Å². The topological polar surface area (TPSA) is 52.5 Å². The second kappa shape index (κ2) is 5.85. The van der Waals surface area contributed by atoms with E-state index in [9.17, 15) is 10.2 Å². The fourth-order valence-electron chi connectivity index (χ4n) is 1.35. The molecule has 0 amide bonds. The van der Waals surface area contributed by atoms with Gasteiger partial charge in [0.2, 0.25) is 0 Å². The minimum atomic E-state index is -0.734. The average Bonchev–Trinajstić information content (AvgIpc) is 2.22. The van der Waals surface area contributed by atoms with Crippen LogP contribution >= 0.6 is 15.9 Å². The second-order valence-electron chi connectivity index (χ2n) is 4.89. The number of benzene rings is 1. The third-order valence-electron chi connectivity index (χ3n) is 3.08. The fourth-order valence-corrected chi connectivity index (χ4v) is 1.76. The van der Waals surface area contributed by atoms with Crippen LogP contribution in [0.3, 0.4) is 0 Å². The highest BCUT2D eigenvalue weighted by atomic mass is 79.9. The molecule has 4 heteroatoms. The van der Waals surface area contributed by atoms with Gasteiger partial charge in [0.25, 0.3) is 0 Å². The summed E-state index contributed by atoms with van der Waals surface area (Å²) in [5.41, 5.74) is 0.0840. The van der Waals surface area contributed by atoms with Gasteiger partial charge in [0.1, 0.15) is 5.75 Å². The molecule has 1 rings (SSSR count). The number of rotatable bonds is 5. The monoisotopic (exact) mass is 301 g/mol. The van der Waals surface area contributed by atoms with Gasteiger partial charge in [0.15, 0.2) is 0 Å². The largest absolute Gasteiger partial charge is 0.508 e. The molecule has 1 aromatic carbocycles. The van der Waals surface area contributed by atoms with Crippen molar-refractivity contribution in [3.63, 3.8) is 0 Å². The third kappa shape index (κ3) is 4.30. The molecule has 0 aliphatic heterocycles. The maximum Gasteiger partial charge on any atom is 0.120 e. The standard InChI is InChI=1S/C13H20BrNO2/c1-9(2)13(3,17)8-15-7-10-6-11(14)4-5-12(10)16/h4-6,9,15-17H,7-8H2,1-3H3. The minimum absolute atomic E-state index is 0.186. The van der Waals surface area contributed by atoms with E-state index in [4.69, 9.17) is 0 Å². The molecule has 1 unspecified atom stereocenters.